The number of esters is 1. The molecule has 19 heavy (non-hydrogen) atoms. The van der Waals surface area contributed by atoms with E-state index in [4.69, 9.17) is 9.26 Å². The molecule has 0 saturated heterocycles. The average Bonchev–Trinajstić information content (AvgIpc) is 2.90. The fourth-order valence-corrected chi connectivity index (χ4v) is 2.41. The molecule has 0 spiro atoms. The van der Waals surface area contributed by atoms with E-state index in [2.05, 4.69) is 10.1 Å². The van der Waals surface area contributed by atoms with Crippen LogP contribution < -0.4 is 0 Å². The smallest absolute Gasteiger partial charge is 0.321 e. The van der Waals surface area contributed by atoms with Crippen LogP contribution >= 0.6 is 0 Å². The molecular formula is C14H22N2O3. The predicted molar refractivity (Wildman–Crippen MR) is 69.8 cm³/mol. The van der Waals surface area contributed by atoms with Crippen molar-refractivity contribution in [2.24, 2.45) is 0 Å². The SMILES string of the molecule is CCOC(=O)C(C)(C)c1nc(C2CCCCC2)no1. The fraction of sp³-hybridized carbons (Fsp3) is 0.786. The number of rotatable bonds is 4. The monoisotopic (exact) mass is 266 g/mol. The zero-order chi connectivity index (χ0) is 13.9. The van der Waals surface area contributed by atoms with Gasteiger partial charge in [0.15, 0.2) is 5.82 Å². The second kappa shape index (κ2) is 5.72. The molecule has 1 aliphatic carbocycles. The third-order valence-corrected chi connectivity index (χ3v) is 3.73. The van der Waals surface area contributed by atoms with Crippen molar-refractivity contribution in [1.29, 1.82) is 0 Å². The third kappa shape index (κ3) is 2.96. The van der Waals surface area contributed by atoms with E-state index < -0.39 is 5.41 Å². The molecule has 1 aromatic rings. The van der Waals surface area contributed by atoms with Crippen molar-refractivity contribution >= 4 is 5.97 Å². The standard InChI is InChI=1S/C14H22N2O3/c1-4-18-13(17)14(2,3)12-15-11(16-19-12)10-8-6-5-7-9-10/h10H,4-9H2,1-3H3. The largest absolute Gasteiger partial charge is 0.465 e. The minimum atomic E-state index is -0.879. The molecule has 1 heterocycles. The Kier molecular flexibility index (Phi) is 4.22. The van der Waals surface area contributed by atoms with E-state index in [0.29, 0.717) is 18.4 Å². The van der Waals surface area contributed by atoms with Gasteiger partial charge in [-0.05, 0) is 33.6 Å². The molecule has 1 aliphatic rings. The summed E-state index contributed by atoms with van der Waals surface area (Å²) in [6.45, 7) is 5.65. The van der Waals surface area contributed by atoms with Crippen LogP contribution in [-0.4, -0.2) is 22.7 Å². The van der Waals surface area contributed by atoms with Gasteiger partial charge in [-0.2, -0.15) is 4.98 Å². The molecule has 0 aliphatic heterocycles. The van der Waals surface area contributed by atoms with Gasteiger partial charge in [-0.1, -0.05) is 24.4 Å². The quantitative estimate of drug-likeness (QED) is 0.784. The van der Waals surface area contributed by atoms with Gasteiger partial charge in [0.1, 0.15) is 5.41 Å². The summed E-state index contributed by atoms with van der Waals surface area (Å²) in [4.78, 5) is 16.3. The van der Waals surface area contributed by atoms with E-state index in [1.54, 1.807) is 20.8 Å². The number of hydrogen-bond acceptors (Lipinski definition) is 5. The summed E-state index contributed by atoms with van der Waals surface area (Å²) in [6.07, 6.45) is 5.94. The maximum Gasteiger partial charge on any atom is 0.321 e. The lowest BCUT2D eigenvalue weighted by atomic mass is 9.88. The highest BCUT2D eigenvalue weighted by Gasteiger charge is 2.38. The van der Waals surface area contributed by atoms with Crippen molar-refractivity contribution in [1.82, 2.24) is 10.1 Å². The van der Waals surface area contributed by atoms with Crippen LogP contribution in [0, 0.1) is 0 Å². The molecular weight excluding hydrogens is 244 g/mol. The lowest BCUT2D eigenvalue weighted by Gasteiger charge is -2.18. The van der Waals surface area contributed by atoms with E-state index >= 15 is 0 Å². The summed E-state index contributed by atoms with van der Waals surface area (Å²) in [5.41, 5.74) is -0.879. The average molecular weight is 266 g/mol. The van der Waals surface area contributed by atoms with E-state index in [9.17, 15) is 4.79 Å². The first-order valence-electron chi connectivity index (χ1n) is 7.07. The molecule has 0 amide bonds. The number of carbonyl (C=O) groups excluding carboxylic acids is 1. The first-order valence-corrected chi connectivity index (χ1v) is 7.07. The Morgan fingerprint density at radius 2 is 2.05 bits per heavy atom. The van der Waals surface area contributed by atoms with Gasteiger partial charge in [-0.25, -0.2) is 0 Å². The number of nitrogens with zero attached hydrogens (tertiary/aromatic N) is 2. The van der Waals surface area contributed by atoms with Crippen molar-refractivity contribution < 1.29 is 14.1 Å². The van der Waals surface area contributed by atoms with Gasteiger partial charge in [0.2, 0.25) is 5.89 Å². The van der Waals surface area contributed by atoms with Crippen LogP contribution in [0.25, 0.3) is 0 Å². The Balaban J connectivity index is 2.13. The Bertz CT molecular complexity index is 434. The molecule has 0 aromatic carbocycles. The van der Waals surface area contributed by atoms with Gasteiger partial charge in [-0.15, -0.1) is 0 Å². The summed E-state index contributed by atoms with van der Waals surface area (Å²) in [5, 5.41) is 4.05. The van der Waals surface area contributed by atoms with Crippen molar-refractivity contribution in [3.63, 3.8) is 0 Å². The lowest BCUT2D eigenvalue weighted by Crippen LogP contribution is -2.31. The molecule has 0 atom stereocenters. The highest BCUT2D eigenvalue weighted by Crippen LogP contribution is 2.32. The molecule has 106 valence electrons. The van der Waals surface area contributed by atoms with Crippen molar-refractivity contribution in [3.8, 4) is 0 Å². The minimum absolute atomic E-state index is 0.325. The Hall–Kier alpha value is -1.39. The number of ether oxygens (including phenoxy) is 1. The van der Waals surface area contributed by atoms with Gasteiger partial charge >= 0.3 is 5.97 Å². The van der Waals surface area contributed by atoms with Gasteiger partial charge in [0.25, 0.3) is 0 Å². The van der Waals surface area contributed by atoms with Crippen LogP contribution in [0.3, 0.4) is 0 Å². The second-order valence-electron chi connectivity index (χ2n) is 5.64. The highest BCUT2D eigenvalue weighted by atomic mass is 16.5. The summed E-state index contributed by atoms with van der Waals surface area (Å²) in [7, 11) is 0. The predicted octanol–water partition coefficient (Wildman–Crippen LogP) is 2.96. The fourth-order valence-electron chi connectivity index (χ4n) is 2.41. The van der Waals surface area contributed by atoms with E-state index in [0.717, 1.165) is 18.7 Å². The third-order valence-electron chi connectivity index (χ3n) is 3.73. The number of carbonyl (C=O) groups is 1. The van der Waals surface area contributed by atoms with E-state index in [-0.39, 0.29) is 5.97 Å². The summed E-state index contributed by atoms with van der Waals surface area (Å²) in [5.74, 6) is 1.15. The van der Waals surface area contributed by atoms with Crippen LogP contribution in [0.15, 0.2) is 4.52 Å². The van der Waals surface area contributed by atoms with Crippen LogP contribution in [-0.2, 0) is 14.9 Å². The molecule has 2 rings (SSSR count). The molecule has 5 heteroatoms. The topological polar surface area (TPSA) is 65.2 Å². The number of aromatic nitrogens is 2. The van der Waals surface area contributed by atoms with Crippen molar-refractivity contribution in [2.45, 2.75) is 64.2 Å². The molecule has 1 aromatic heterocycles. The van der Waals surface area contributed by atoms with Crippen molar-refractivity contribution in [3.05, 3.63) is 11.7 Å². The second-order valence-corrected chi connectivity index (χ2v) is 5.64. The normalized spacial score (nSPS) is 17.4. The first-order chi connectivity index (χ1) is 9.05. The first kappa shape index (κ1) is 14.0. The zero-order valence-electron chi connectivity index (χ0n) is 11.9. The number of hydrogen-bond donors (Lipinski definition) is 0. The van der Waals surface area contributed by atoms with Gasteiger partial charge in [-0.3, -0.25) is 4.79 Å². The maximum atomic E-state index is 11.9. The van der Waals surface area contributed by atoms with E-state index in [1.165, 1.54) is 19.3 Å². The molecule has 0 radical (unpaired) electrons. The lowest BCUT2D eigenvalue weighted by molar-refractivity contribution is -0.149. The van der Waals surface area contributed by atoms with Crippen LogP contribution in [0.2, 0.25) is 0 Å². The van der Waals surface area contributed by atoms with Gasteiger partial charge < -0.3 is 9.26 Å². The summed E-state index contributed by atoms with van der Waals surface area (Å²) >= 11 is 0. The Morgan fingerprint density at radius 1 is 1.37 bits per heavy atom. The Labute approximate surface area is 113 Å². The van der Waals surface area contributed by atoms with Crippen molar-refractivity contribution in [2.75, 3.05) is 6.61 Å². The minimum Gasteiger partial charge on any atom is -0.465 e. The molecule has 0 unspecified atom stereocenters. The summed E-state index contributed by atoms with van der Waals surface area (Å²) < 4.78 is 10.3. The summed E-state index contributed by atoms with van der Waals surface area (Å²) in [6, 6.07) is 0. The zero-order valence-corrected chi connectivity index (χ0v) is 11.9. The Morgan fingerprint density at radius 3 is 2.68 bits per heavy atom. The molecule has 1 saturated carbocycles. The molecule has 0 N–H and O–H groups in total. The van der Waals surface area contributed by atoms with Crippen LogP contribution in [0.4, 0.5) is 0 Å². The van der Waals surface area contributed by atoms with Crippen LogP contribution in [0.5, 0.6) is 0 Å². The van der Waals surface area contributed by atoms with E-state index in [1.807, 2.05) is 0 Å². The molecule has 1 fully saturated rings. The van der Waals surface area contributed by atoms with Gasteiger partial charge in [0.05, 0.1) is 6.61 Å². The highest BCUT2D eigenvalue weighted by molar-refractivity contribution is 5.80. The van der Waals surface area contributed by atoms with Gasteiger partial charge in [0, 0.05) is 5.92 Å². The maximum absolute atomic E-state index is 11.9. The van der Waals surface area contributed by atoms with Crippen LogP contribution in [0.1, 0.15) is 70.5 Å². The molecule has 0 bridgehead atoms. The molecule has 5 nitrogen and oxygen atoms in total.